The van der Waals surface area contributed by atoms with E-state index >= 15 is 0 Å². The second-order valence-corrected chi connectivity index (χ2v) is 9.59. The van der Waals surface area contributed by atoms with Crippen LogP contribution in [0, 0.1) is 0 Å². The Balaban J connectivity index is 0.00000253. The van der Waals surface area contributed by atoms with Crippen molar-refractivity contribution >= 4 is 33.1 Å². The molecule has 0 fully saturated rings. The van der Waals surface area contributed by atoms with E-state index in [1.54, 1.807) is 11.3 Å². The minimum absolute atomic E-state index is 0. The number of pyridine rings is 1. The average Bonchev–Trinajstić information content (AvgIpc) is 3.53. The number of aryl methyl sites for hydroxylation is 2. The molecule has 0 N–H and O–H groups in total. The summed E-state index contributed by atoms with van der Waals surface area (Å²) in [6.45, 7) is 1.85. The lowest BCUT2D eigenvalue weighted by Crippen LogP contribution is -3.00. The molecule has 2 nitrogen and oxygen atoms in total. The first kappa shape index (κ1) is 23.5. The topological polar surface area (TPSA) is 8.81 Å². The fourth-order valence-corrected chi connectivity index (χ4v) is 5.70. The molecule has 4 heteroatoms. The van der Waals surface area contributed by atoms with E-state index in [1.807, 2.05) is 0 Å². The van der Waals surface area contributed by atoms with Gasteiger partial charge in [-0.2, -0.15) is 15.9 Å². The fraction of sp³-hybridized carbons (Fsp3) is 0.129. The van der Waals surface area contributed by atoms with Crippen LogP contribution < -0.4 is 21.5 Å². The van der Waals surface area contributed by atoms with Crippen LogP contribution in [-0.4, -0.2) is 4.57 Å². The van der Waals surface area contributed by atoms with Crippen molar-refractivity contribution in [3.63, 3.8) is 0 Å². The van der Waals surface area contributed by atoms with Crippen LogP contribution >= 0.6 is 11.3 Å². The summed E-state index contributed by atoms with van der Waals surface area (Å²) in [4.78, 5) is 0. The Labute approximate surface area is 220 Å². The number of nitrogens with zero attached hydrogens (tertiary/aromatic N) is 2. The zero-order valence-electron chi connectivity index (χ0n) is 19.5. The number of halogens is 1. The maximum absolute atomic E-state index is 2.56. The number of thiophene rings is 1. The van der Waals surface area contributed by atoms with E-state index in [0.29, 0.717) is 0 Å². The lowest BCUT2D eigenvalue weighted by molar-refractivity contribution is -0.676. The maximum atomic E-state index is 2.56. The van der Waals surface area contributed by atoms with Crippen molar-refractivity contribution in [1.29, 1.82) is 0 Å². The molecule has 0 spiro atoms. The number of fused-ring (bicyclic) bond motifs is 3. The SMILES string of the molecule is [Br-].c1ccc(CCCn2c3ccccc3c3cc[n+](Cc4ccccc4)c(-c4ccsc4)c32)cc1. The Kier molecular flexibility index (Phi) is 7.12. The van der Waals surface area contributed by atoms with Crippen LogP contribution in [0.2, 0.25) is 0 Å². The minimum atomic E-state index is 0. The number of rotatable bonds is 7. The van der Waals surface area contributed by atoms with Crippen molar-refractivity contribution in [2.24, 2.45) is 0 Å². The van der Waals surface area contributed by atoms with Crippen LogP contribution in [0.3, 0.4) is 0 Å². The summed E-state index contributed by atoms with van der Waals surface area (Å²) in [5.41, 5.74) is 7.97. The second kappa shape index (κ2) is 10.6. The standard InChI is InChI=1S/C31H27N2S.BrH/c1-3-10-24(11-4-1)14-9-19-33-29-16-8-7-15-27(29)28-17-20-32(22-25-12-5-2-6-13-25)30(31(28)33)26-18-21-34-23-26;/h1-8,10-13,15-18,20-21,23H,9,14,19,22H2;1H/q+1;/p-1. The van der Waals surface area contributed by atoms with Gasteiger partial charge in [0.15, 0.2) is 12.7 Å². The van der Waals surface area contributed by atoms with E-state index in [0.717, 1.165) is 25.9 Å². The van der Waals surface area contributed by atoms with E-state index in [-0.39, 0.29) is 17.0 Å². The van der Waals surface area contributed by atoms with Crippen LogP contribution in [0.25, 0.3) is 33.1 Å². The quantitative estimate of drug-likeness (QED) is 0.265. The molecular weight excluding hydrogens is 512 g/mol. The smallest absolute Gasteiger partial charge is 0.238 e. The zero-order chi connectivity index (χ0) is 22.7. The van der Waals surface area contributed by atoms with E-state index in [9.17, 15) is 0 Å². The highest BCUT2D eigenvalue weighted by molar-refractivity contribution is 7.08. The first-order valence-corrected chi connectivity index (χ1v) is 12.9. The Hall–Kier alpha value is -3.21. The molecule has 0 unspecified atom stereocenters. The van der Waals surface area contributed by atoms with Crippen molar-refractivity contribution in [2.75, 3.05) is 0 Å². The Morgan fingerprint density at radius 1 is 0.714 bits per heavy atom. The van der Waals surface area contributed by atoms with E-state index < -0.39 is 0 Å². The molecule has 0 amide bonds. The molecule has 0 aliphatic rings. The number of aromatic nitrogens is 2. The van der Waals surface area contributed by atoms with Crippen LogP contribution in [-0.2, 0) is 19.5 Å². The van der Waals surface area contributed by atoms with Gasteiger partial charge in [-0.25, -0.2) is 0 Å². The molecule has 0 aliphatic carbocycles. The lowest BCUT2D eigenvalue weighted by atomic mass is 10.1. The van der Waals surface area contributed by atoms with Gasteiger partial charge < -0.3 is 21.5 Å². The first-order chi connectivity index (χ1) is 16.9. The van der Waals surface area contributed by atoms with Gasteiger partial charge in [-0.15, -0.1) is 0 Å². The van der Waals surface area contributed by atoms with Gasteiger partial charge >= 0.3 is 0 Å². The van der Waals surface area contributed by atoms with Gasteiger partial charge in [-0.3, -0.25) is 0 Å². The molecule has 3 aromatic heterocycles. The summed E-state index contributed by atoms with van der Waals surface area (Å²) >= 11 is 1.76. The number of para-hydroxylation sites is 1. The van der Waals surface area contributed by atoms with Crippen molar-refractivity contribution in [1.82, 2.24) is 4.57 Å². The molecule has 0 radical (unpaired) electrons. The van der Waals surface area contributed by atoms with E-state index in [4.69, 9.17) is 0 Å². The predicted molar refractivity (Wildman–Crippen MR) is 143 cm³/mol. The molecule has 0 saturated heterocycles. The van der Waals surface area contributed by atoms with Gasteiger partial charge in [0.05, 0.1) is 5.56 Å². The Morgan fingerprint density at radius 3 is 2.17 bits per heavy atom. The van der Waals surface area contributed by atoms with E-state index in [2.05, 4.69) is 123 Å². The van der Waals surface area contributed by atoms with Crippen molar-refractivity contribution in [2.45, 2.75) is 25.9 Å². The lowest BCUT2D eigenvalue weighted by Gasteiger charge is -2.11. The zero-order valence-corrected chi connectivity index (χ0v) is 21.9. The third-order valence-electron chi connectivity index (χ3n) is 6.62. The minimum Gasteiger partial charge on any atom is -1.00 e. The molecule has 0 aliphatic heterocycles. The van der Waals surface area contributed by atoms with Gasteiger partial charge in [-0.05, 0) is 35.9 Å². The first-order valence-electron chi connectivity index (χ1n) is 11.9. The van der Waals surface area contributed by atoms with Crippen LogP contribution in [0.15, 0.2) is 114 Å². The van der Waals surface area contributed by atoms with Gasteiger partial charge in [0.25, 0.3) is 0 Å². The Morgan fingerprint density at radius 2 is 1.43 bits per heavy atom. The average molecular weight is 540 g/mol. The highest BCUT2D eigenvalue weighted by Gasteiger charge is 2.24. The summed E-state index contributed by atoms with van der Waals surface area (Å²) < 4.78 is 4.98. The van der Waals surface area contributed by atoms with Gasteiger partial charge in [0.1, 0.15) is 5.52 Å². The third-order valence-corrected chi connectivity index (χ3v) is 7.31. The molecular formula is C31H27BrN2S. The number of benzene rings is 3. The van der Waals surface area contributed by atoms with Crippen LogP contribution in [0.4, 0.5) is 0 Å². The summed E-state index contributed by atoms with van der Waals surface area (Å²) in [5.74, 6) is 0. The highest BCUT2D eigenvalue weighted by Crippen LogP contribution is 2.35. The molecule has 3 aromatic carbocycles. The molecule has 0 atom stereocenters. The summed E-state index contributed by atoms with van der Waals surface area (Å²) in [5, 5.41) is 7.13. The molecule has 0 saturated carbocycles. The van der Waals surface area contributed by atoms with Crippen molar-refractivity contribution < 1.29 is 21.5 Å². The Bertz CT molecular complexity index is 1540. The van der Waals surface area contributed by atoms with Crippen LogP contribution in [0.1, 0.15) is 17.5 Å². The molecule has 35 heavy (non-hydrogen) atoms. The highest BCUT2D eigenvalue weighted by atomic mass is 79.9. The van der Waals surface area contributed by atoms with Gasteiger partial charge in [0, 0.05) is 39.8 Å². The van der Waals surface area contributed by atoms with Crippen molar-refractivity contribution in [3.8, 4) is 11.3 Å². The maximum Gasteiger partial charge on any atom is 0.238 e. The van der Waals surface area contributed by atoms with Gasteiger partial charge in [0.2, 0.25) is 5.69 Å². The van der Waals surface area contributed by atoms with Crippen molar-refractivity contribution in [3.05, 3.63) is 125 Å². The third kappa shape index (κ3) is 4.69. The number of hydrogen-bond acceptors (Lipinski definition) is 1. The monoisotopic (exact) mass is 538 g/mol. The molecule has 6 rings (SSSR count). The predicted octanol–water partition coefficient (Wildman–Crippen LogP) is 4.50. The normalized spacial score (nSPS) is 11.1. The summed E-state index contributed by atoms with van der Waals surface area (Å²) in [6.07, 6.45) is 4.46. The molecule has 0 bridgehead atoms. The van der Waals surface area contributed by atoms with E-state index in [1.165, 1.54) is 44.2 Å². The number of hydrogen-bond donors (Lipinski definition) is 0. The van der Waals surface area contributed by atoms with Crippen LogP contribution in [0.5, 0.6) is 0 Å². The molecule has 6 aromatic rings. The molecule has 174 valence electrons. The second-order valence-electron chi connectivity index (χ2n) is 8.81. The van der Waals surface area contributed by atoms with Gasteiger partial charge in [-0.1, -0.05) is 78.9 Å². The largest absolute Gasteiger partial charge is 1.00 e. The summed E-state index contributed by atoms with van der Waals surface area (Å²) in [6, 6.07) is 35.0. The molecule has 3 heterocycles. The summed E-state index contributed by atoms with van der Waals surface area (Å²) in [7, 11) is 0. The fourth-order valence-electron chi connectivity index (χ4n) is 5.06.